The Bertz CT molecular complexity index is 296. The van der Waals surface area contributed by atoms with Crippen molar-refractivity contribution in [3.8, 4) is 0 Å². The van der Waals surface area contributed by atoms with Gasteiger partial charge in [-0.3, -0.25) is 9.69 Å². The number of hydrogen-bond donors (Lipinski definition) is 1. The maximum atomic E-state index is 10.9. The third-order valence-electron chi connectivity index (χ3n) is 4.83. The van der Waals surface area contributed by atoms with Crippen molar-refractivity contribution in [1.29, 1.82) is 0 Å². The van der Waals surface area contributed by atoms with E-state index in [1.807, 2.05) is 0 Å². The van der Waals surface area contributed by atoms with Gasteiger partial charge in [0.2, 0.25) is 0 Å². The first-order valence-corrected chi connectivity index (χ1v) is 7.83. The molecule has 0 aromatic rings. The van der Waals surface area contributed by atoms with E-state index < -0.39 is 5.97 Å². The van der Waals surface area contributed by atoms with Gasteiger partial charge in [0.1, 0.15) is 0 Å². The molecule has 2 saturated heterocycles. The molecule has 0 aromatic carbocycles. The van der Waals surface area contributed by atoms with Gasteiger partial charge in [-0.05, 0) is 58.8 Å². The van der Waals surface area contributed by atoms with Crippen LogP contribution in [0.1, 0.15) is 51.4 Å². The number of carbonyl (C=O) groups is 1. The van der Waals surface area contributed by atoms with Gasteiger partial charge in [-0.25, -0.2) is 0 Å². The number of rotatable bonds is 5. The predicted molar refractivity (Wildman–Crippen MR) is 76.4 cm³/mol. The van der Waals surface area contributed by atoms with Crippen LogP contribution in [-0.2, 0) is 4.79 Å². The Balaban J connectivity index is 1.80. The molecule has 0 saturated carbocycles. The van der Waals surface area contributed by atoms with E-state index in [4.69, 9.17) is 5.11 Å². The lowest BCUT2D eigenvalue weighted by molar-refractivity contribution is -0.138. The first kappa shape index (κ1) is 14.8. The zero-order valence-electron chi connectivity index (χ0n) is 12.2. The van der Waals surface area contributed by atoms with E-state index in [2.05, 4.69) is 16.8 Å². The van der Waals surface area contributed by atoms with Crippen LogP contribution in [0.5, 0.6) is 0 Å². The van der Waals surface area contributed by atoms with Crippen molar-refractivity contribution in [2.45, 2.75) is 63.5 Å². The molecule has 110 valence electrons. The fourth-order valence-corrected chi connectivity index (χ4v) is 3.61. The minimum absolute atomic E-state index is 0.278. The highest BCUT2D eigenvalue weighted by Crippen LogP contribution is 2.23. The number of piperidine rings is 2. The molecule has 2 heterocycles. The van der Waals surface area contributed by atoms with Crippen LogP contribution >= 0.6 is 0 Å². The van der Waals surface area contributed by atoms with Gasteiger partial charge in [0.05, 0.1) is 6.42 Å². The summed E-state index contributed by atoms with van der Waals surface area (Å²) in [5.41, 5.74) is 0. The molecule has 2 rings (SSSR count). The van der Waals surface area contributed by atoms with E-state index >= 15 is 0 Å². The van der Waals surface area contributed by atoms with Gasteiger partial charge < -0.3 is 10.0 Å². The summed E-state index contributed by atoms with van der Waals surface area (Å²) in [6, 6.07) is 0.987. The summed E-state index contributed by atoms with van der Waals surface area (Å²) >= 11 is 0. The van der Waals surface area contributed by atoms with Gasteiger partial charge >= 0.3 is 5.97 Å². The van der Waals surface area contributed by atoms with Crippen LogP contribution in [0.25, 0.3) is 0 Å². The first-order chi connectivity index (χ1) is 9.16. The minimum atomic E-state index is -0.647. The van der Waals surface area contributed by atoms with E-state index in [0.717, 1.165) is 19.5 Å². The fourth-order valence-electron chi connectivity index (χ4n) is 3.61. The summed E-state index contributed by atoms with van der Waals surface area (Å²) in [5, 5.41) is 9.01. The molecule has 0 radical (unpaired) electrons. The van der Waals surface area contributed by atoms with Gasteiger partial charge in [0, 0.05) is 12.1 Å². The Kier molecular flexibility index (Phi) is 5.64. The molecule has 0 spiro atoms. The molecule has 2 unspecified atom stereocenters. The molecule has 0 aromatic heterocycles. The number of carboxylic acids is 1. The summed E-state index contributed by atoms with van der Waals surface area (Å²) < 4.78 is 0. The van der Waals surface area contributed by atoms with Crippen LogP contribution in [0.15, 0.2) is 0 Å². The summed E-state index contributed by atoms with van der Waals surface area (Å²) in [6.45, 7) is 3.39. The molecule has 19 heavy (non-hydrogen) atoms. The number of aliphatic carboxylic acids is 1. The van der Waals surface area contributed by atoms with Crippen molar-refractivity contribution in [3.63, 3.8) is 0 Å². The predicted octanol–water partition coefficient (Wildman–Crippen LogP) is 2.19. The average molecular weight is 268 g/mol. The Morgan fingerprint density at radius 3 is 2.47 bits per heavy atom. The highest BCUT2D eigenvalue weighted by atomic mass is 16.4. The molecule has 2 atom stereocenters. The summed E-state index contributed by atoms with van der Waals surface area (Å²) in [5.74, 6) is -0.647. The highest BCUT2D eigenvalue weighted by Gasteiger charge is 2.26. The zero-order valence-corrected chi connectivity index (χ0v) is 12.2. The van der Waals surface area contributed by atoms with Crippen molar-refractivity contribution in [2.75, 3.05) is 26.7 Å². The van der Waals surface area contributed by atoms with Crippen LogP contribution in [0, 0.1) is 0 Å². The van der Waals surface area contributed by atoms with Gasteiger partial charge in [-0.2, -0.15) is 0 Å². The average Bonchev–Trinajstić information content (AvgIpc) is 2.39. The molecule has 2 fully saturated rings. The molecule has 4 nitrogen and oxygen atoms in total. The zero-order chi connectivity index (χ0) is 13.7. The molecule has 1 N–H and O–H groups in total. The SMILES string of the molecule is CN1CCCCC1CCN1CCCCC1CC(=O)O. The van der Waals surface area contributed by atoms with Crippen LogP contribution in [0.4, 0.5) is 0 Å². The normalized spacial score (nSPS) is 30.4. The summed E-state index contributed by atoms with van der Waals surface area (Å²) in [7, 11) is 2.23. The molecule has 0 bridgehead atoms. The fraction of sp³-hybridized carbons (Fsp3) is 0.933. The first-order valence-electron chi connectivity index (χ1n) is 7.83. The number of hydrogen-bond acceptors (Lipinski definition) is 3. The van der Waals surface area contributed by atoms with Crippen molar-refractivity contribution in [1.82, 2.24) is 9.80 Å². The monoisotopic (exact) mass is 268 g/mol. The second-order valence-electron chi connectivity index (χ2n) is 6.20. The Labute approximate surface area is 116 Å². The molecule has 2 aliphatic heterocycles. The van der Waals surface area contributed by atoms with Crippen LogP contribution in [-0.4, -0.2) is 59.6 Å². The number of carboxylic acid groups (broad SMARTS) is 1. The largest absolute Gasteiger partial charge is 0.481 e. The van der Waals surface area contributed by atoms with E-state index in [9.17, 15) is 4.79 Å². The van der Waals surface area contributed by atoms with Gasteiger partial charge in [0.25, 0.3) is 0 Å². The van der Waals surface area contributed by atoms with Crippen LogP contribution in [0.2, 0.25) is 0 Å². The quantitative estimate of drug-likeness (QED) is 0.830. The lowest BCUT2D eigenvalue weighted by Crippen LogP contribution is -2.44. The lowest BCUT2D eigenvalue weighted by atomic mass is 9.96. The van der Waals surface area contributed by atoms with E-state index in [1.165, 1.54) is 45.1 Å². The van der Waals surface area contributed by atoms with Crippen molar-refractivity contribution >= 4 is 5.97 Å². The highest BCUT2D eigenvalue weighted by molar-refractivity contribution is 5.67. The maximum Gasteiger partial charge on any atom is 0.304 e. The molecule has 0 amide bonds. The molecule has 2 aliphatic rings. The lowest BCUT2D eigenvalue weighted by Gasteiger charge is -2.38. The van der Waals surface area contributed by atoms with Crippen LogP contribution in [0.3, 0.4) is 0 Å². The Morgan fingerprint density at radius 2 is 1.79 bits per heavy atom. The third kappa shape index (κ3) is 4.46. The Hall–Kier alpha value is -0.610. The van der Waals surface area contributed by atoms with Crippen molar-refractivity contribution < 1.29 is 9.90 Å². The second-order valence-corrected chi connectivity index (χ2v) is 6.20. The van der Waals surface area contributed by atoms with Crippen molar-refractivity contribution in [3.05, 3.63) is 0 Å². The third-order valence-corrected chi connectivity index (χ3v) is 4.83. The van der Waals surface area contributed by atoms with Crippen LogP contribution < -0.4 is 0 Å². The van der Waals surface area contributed by atoms with E-state index in [0.29, 0.717) is 12.5 Å². The van der Waals surface area contributed by atoms with Gasteiger partial charge in [-0.1, -0.05) is 12.8 Å². The molecular weight excluding hydrogens is 240 g/mol. The smallest absolute Gasteiger partial charge is 0.304 e. The molecular formula is C15H28N2O2. The van der Waals surface area contributed by atoms with Gasteiger partial charge in [-0.15, -0.1) is 0 Å². The summed E-state index contributed by atoms with van der Waals surface area (Å²) in [6.07, 6.45) is 9.01. The number of nitrogens with zero attached hydrogens (tertiary/aromatic N) is 2. The number of likely N-dealkylation sites (tertiary alicyclic amines) is 2. The summed E-state index contributed by atoms with van der Waals surface area (Å²) in [4.78, 5) is 15.9. The van der Waals surface area contributed by atoms with Gasteiger partial charge in [0.15, 0.2) is 0 Å². The minimum Gasteiger partial charge on any atom is -0.481 e. The Morgan fingerprint density at radius 1 is 1.11 bits per heavy atom. The maximum absolute atomic E-state index is 10.9. The van der Waals surface area contributed by atoms with Crippen molar-refractivity contribution in [2.24, 2.45) is 0 Å². The molecule has 4 heteroatoms. The van der Waals surface area contributed by atoms with E-state index in [1.54, 1.807) is 0 Å². The topological polar surface area (TPSA) is 43.8 Å². The second kappa shape index (κ2) is 7.25. The standard InChI is InChI=1S/C15H28N2O2/c1-16-9-4-2-6-13(16)8-11-17-10-5-3-7-14(17)12-15(18)19/h13-14H,2-12H2,1H3,(H,18,19). The molecule has 0 aliphatic carbocycles. The van der Waals surface area contributed by atoms with E-state index in [-0.39, 0.29) is 6.04 Å².